The summed E-state index contributed by atoms with van der Waals surface area (Å²) in [7, 11) is 0. The first-order valence-electron chi connectivity index (χ1n) is 6.92. The molecule has 0 saturated heterocycles. The Bertz CT molecular complexity index is 422. The van der Waals surface area contributed by atoms with E-state index in [1.54, 1.807) is 0 Å². The third kappa shape index (κ3) is 3.90. The molecule has 1 heterocycles. The van der Waals surface area contributed by atoms with Crippen LogP contribution in [0.25, 0.3) is 0 Å². The highest BCUT2D eigenvalue weighted by atomic mass is 32.2. The number of benzene rings is 1. The lowest BCUT2D eigenvalue weighted by atomic mass is 10.0. The summed E-state index contributed by atoms with van der Waals surface area (Å²) in [5.74, 6) is 1.35. The smallest absolute Gasteiger partial charge is 0.229 e. The first-order valence-corrected chi connectivity index (χ1v) is 8.31. The van der Waals surface area contributed by atoms with Crippen LogP contribution in [0.15, 0.2) is 24.3 Å². The molecule has 1 aliphatic heterocycles. The third-order valence-electron chi connectivity index (χ3n) is 3.47. The Morgan fingerprint density at radius 1 is 1.37 bits per heavy atom. The van der Waals surface area contributed by atoms with Crippen molar-refractivity contribution in [2.75, 3.05) is 30.4 Å². The Kier molecular flexibility index (Phi) is 5.58. The van der Waals surface area contributed by atoms with E-state index in [1.807, 2.05) is 36.0 Å². The van der Waals surface area contributed by atoms with Crippen LogP contribution in [0.4, 0.5) is 5.69 Å². The number of rotatable bonds is 7. The molecule has 19 heavy (non-hydrogen) atoms. The molecule has 0 saturated carbocycles. The second kappa shape index (κ2) is 7.43. The molecule has 0 fully saturated rings. The summed E-state index contributed by atoms with van der Waals surface area (Å²) in [4.78, 5) is 12.1. The number of thioether (sulfide) groups is 1. The standard InChI is InChI=1S/C15H22N2OS/c1-19-10-6-2-5-9-16-15(18)13-11-17-14-8-4-3-7-12(13)14/h3-4,7-8,13,17H,2,5-6,9-11H2,1H3,(H,16,18). The number of hydrogen-bond donors (Lipinski definition) is 2. The van der Waals surface area contributed by atoms with Gasteiger partial charge in [0, 0.05) is 18.8 Å². The van der Waals surface area contributed by atoms with Crippen molar-refractivity contribution in [3.8, 4) is 0 Å². The molecule has 0 aromatic heterocycles. The molecule has 4 heteroatoms. The van der Waals surface area contributed by atoms with Crippen LogP contribution in [0.1, 0.15) is 30.7 Å². The van der Waals surface area contributed by atoms with Gasteiger partial charge in [-0.05, 0) is 36.5 Å². The SMILES string of the molecule is CSCCCCCNC(=O)C1CNc2ccccc21. The lowest BCUT2D eigenvalue weighted by Gasteiger charge is -2.11. The van der Waals surface area contributed by atoms with Gasteiger partial charge in [-0.25, -0.2) is 0 Å². The van der Waals surface area contributed by atoms with Crippen molar-refractivity contribution in [1.29, 1.82) is 0 Å². The maximum absolute atomic E-state index is 12.1. The fourth-order valence-electron chi connectivity index (χ4n) is 2.40. The summed E-state index contributed by atoms with van der Waals surface area (Å²) in [5, 5.41) is 6.34. The molecule has 0 spiro atoms. The Labute approximate surface area is 119 Å². The number of para-hydroxylation sites is 1. The van der Waals surface area contributed by atoms with E-state index in [1.165, 1.54) is 18.6 Å². The largest absolute Gasteiger partial charge is 0.384 e. The normalized spacial score (nSPS) is 16.8. The third-order valence-corrected chi connectivity index (χ3v) is 4.17. The summed E-state index contributed by atoms with van der Waals surface area (Å²) >= 11 is 1.88. The minimum atomic E-state index is -0.0256. The highest BCUT2D eigenvalue weighted by molar-refractivity contribution is 7.98. The number of hydrogen-bond acceptors (Lipinski definition) is 3. The molecule has 0 aliphatic carbocycles. The zero-order valence-corrected chi connectivity index (χ0v) is 12.3. The van der Waals surface area contributed by atoms with E-state index in [4.69, 9.17) is 0 Å². The van der Waals surface area contributed by atoms with Gasteiger partial charge in [0.05, 0.1) is 5.92 Å². The van der Waals surface area contributed by atoms with Crippen molar-refractivity contribution in [3.63, 3.8) is 0 Å². The van der Waals surface area contributed by atoms with Gasteiger partial charge in [0.1, 0.15) is 0 Å². The number of unbranched alkanes of at least 4 members (excludes halogenated alkanes) is 2. The van der Waals surface area contributed by atoms with Crippen LogP contribution >= 0.6 is 11.8 Å². The summed E-state index contributed by atoms with van der Waals surface area (Å²) in [6, 6.07) is 8.06. The summed E-state index contributed by atoms with van der Waals surface area (Å²) < 4.78 is 0. The van der Waals surface area contributed by atoms with Crippen LogP contribution in [-0.4, -0.2) is 31.0 Å². The van der Waals surface area contributed by atoms with Crippen LogP contribution in [0.5, 0.6) is 0 Å². The Hall–Kier alpha value is -1.16. The van der Waals surface area contributed by atoms with Gasteiger partial charge in [-0.15, -0.1) is 0 Å². The molecule has 2 N–H and O–H groups in total. The Morgan fingerprint density at radius 3 is 3.05 bits per heavy atom. The van der Waals surface area contributed by atoms with E-state index >= 15 is 0 Å². The highest BCUT2D eigenvalue weighted by Crippen LogP contribution is 2.30. The van der Waals surface area contributed by atoms with E-state index in [9.17, 15) is 4.79 Å². The lowest BCUT2D eigenvalue weighted by Crippen LogP contribution is -2.31. The maximum Gasteiger partial charge on any atom is 0.229 e. The van der Waals surface area contributed by atoms with Gasteiger partial charge in [0.2, 0.25) is 5.91 Å². The number of carbonyl (C=O) groups is 1. The van der Waals surface area contributed by atoms with Crippen LogP contribution < -0.4 is 10.6 Å². The minimum Gasteiger partial charge on any atom is -0.384 e. The van der Waals surface area contributed by atoms with Crippen LogP contribution in [0.3, 0.4) is 0 Å². The Morgan fingerprint density at radius 2 is 2.21 bits per heavy atom. The second-order valence-corrected chi connectivity index (χ2v) is 5.85. The molecular weight excluding hydrogens is 256 g/mol. The van der Waals surface area contributed by atoms with Crippen LogP contribution in [0, 0.1) is 0 Å². The Balaban J connectivity index is 1.73. The first kappa shape index (κ1) is 14.3. The van der Waals surface area contributed by atoms with Crippen molar-refractivity contribution in [3.05, 3.63) is 29.8 Å². The van der Waals surface area contributed by atoms with Crippen LogP contribution in [0.2, 0.25) is 0 Å². The van der Waals surface area contributed by atoms with Crippen molar-refractivity contribution < 1.29 is 4.79 Å². The van der Waals surface area contributed by atoms with E-state index in [0.29, 0.717) is 0 Å². The van der Waals surface area contributed by atoms with Crippen LogP contribution in [-0.2, 0) is 4.79 Å². The van der Waals surface area contributed by atoms with Gasteiger partial charge in [0.25, 0.3) is 0 Å². The van der Waals surface area contributed by atoms with Gasteiger partial charge in [-0.1, -0.05) is 24.6 Å². The first-order chi connectivity index (χ1) is 9.33. The monoisotopic (exact) mass is 278 g/mol. The summed E-state index contributed by atoms with van der Waals surface area (Å²) in [5.41, 5.74) is 2.23. The molecule has 1 aliphatic rings. The van der Waals surface area contributed by atoms with Gasteiger partial charge < -0.3 is 10.6 Å². The fraction of sp³-hybridized carbons (Fsp3) is 0.533. The molecule has 0 bridgehead atoms. The van der Waals surface area contributed by atoms with E-state index < -0.39 is 0 Å². The molecule has 1 amide bonds. The highest BCUT2D eigenvalue weighted by Gasteiger charge is 2.27. The predicted molar refractivity (Wildman–Crippen MR) is 82.9 cm³/mol. The summed E-state index contributed by atoms with van der Waals surface area (Å²) in [6.07, 6.45) is 5.64. The van der Waals surface area contributed by atoms with Gasteiger partial charge in [0.15, 0.2) is 0 Å². The van der Waals surface area contributed by atoms with Crippen molar-refractivity contribution in [2.45, 2.75) is 25.2 Å². The molecule has 1 atom stereocenters. The zero-order valence-electron chi connectivity index (χ0n) is 11.4. The lowest BCUT2D eigenvalue weighted by molar-refractivity contribution is -0.122. The number of anilines is 1. The molecule has 1 unspecified atom stereocenters. The van der Waals surface area contributed by atoms with E-state index in [2.05, 4.69) is 16.9 Å². The van der Waals surface area contributed by atoms with Gasteiger partial charge in [-0.3, -0.25) is 4.79 Å². The van der Waals surface area contributed by atoms with Gasteiger partial charge in [-0.2, -0.15) is 11.8 Å². The second-order valence-electron chi connectivity index (χ2n) is 4.87. The molecule has 104 valence electrons. The molecule has 3 nitrogen and oxygen atoms in total. The molecule has 0 radical (unpaired) electrons. The van der Waals surface area contributed by atoms with E-state index in [0.717, 1.165) is 30.8 Å². The molecule has 1 aromatic rings. The number of carbonyl (C=O) groups excluding carboxylic acids is 1. The molecular formula is C15H22N2OS. The minimum absolute atomic E-state index is 0.0256. The van der Waals surface area contributed by atoms with Crippen molar-refractivity contribution in [1.82, 2.24) is 5.32 Å². The number of fused-ring (bicyclic) bond motifs is 1. The van der Waals surface area contributed by atoms with Crippen molar-refractivity contribution >= 4 is 23.4 Å². The predicted octanol–water partition coefficient (Wildman–Crippen LogP) is 2.85. The number of amides is 1. The van der Waals surface area contributed by atoms with Gasteiger partial charge >= 0.3 is 0 Å². The zero-order chi connectivity index (χ0) is 13.5. The topological polar surface area (TPSA) is 41.1 Å². The molecule has 2 rings (SSSR count). The fourth-order valence-corrected chi connectivity index (χ4v) is 2.89. The average Bonchev–Trinajstić information content (AvgIpc) is 2.86. The average molecular weight is 278 g/mol. The van der Waals surface area contributed by atoms with Crippen molar-refractivity contribution in [2.24, 2.45) is 0 Å². The number of nitrogens with one attached hydrogen (secondary N) is 2. The quantitative estimate of drug-likeness (QED) is 0.754. The summed E-state index contributed by atoms with van der Waals surface area (Å²) in [6.45, 7) is 1.52. The maximum atomic E-state index is 12.1. The molecule has 1 aromatic carbocycles. The van der Waals surface area contributed by atoms with E-state index in [-0.39, 0.29) is 11.8 Å².